The highest BCUT2D eigenvalue weighted by Gasteiger charge is 2.47. The molecule has 0 unspecified atom stereocenters. The summed E-state index contributed by atoms with van der Waals surface area (Å²) in [6.07, 6.45) is 2.15. The minimum atomic E-state index is -0.927. The van der Waals surface area contributed by atoms with Crippen molar-refractivity contribution in [2.24, 2.45) is 5.41 Å². The van der Waals surface area contributed by atoms with Crippen molar-refractivity contribution in [2.75, 3.05) is 6.61 Å². The number of benzene rings is 2. The predicted molar refractivity (Wildman–Crippen MR) is 107 cm³/mol. The van der Waals surface area contributed by atoms with Crippen LogP contribution in [0.5, 0.6) is 0 Å². The molecule has 1 fully saturated rings. The van der Waals surface area contributed by atoms with E-state index in [1.54, 1.807) is 24.3 Å². The summed E-state index contributed by atoms with van der Waals surface area (Å²) in [5.74, 6) is 5.34. The van der Waals surface area contributed by atoms with Crippen LogP contribution >= 0.6 is 0 Å². The van der Waals surface area contributed by atoms with Crippen molar-refractivity contribution in [1.29, 1.82) is 0 Å². The first-order valence-corrected chi connectivity index (χ1v) is 9.29. The molecule has 3 rings (SSSR count). The number of rotatable bonds is 4. The van der Waals surface area contributed by atoms with E-state index < -0.39 is 5.97 Å². The lowest BCUT2D eigenvalue weighted by Crippen LogP contribution is -2.22. The third-order valence-corrected chi connectivity index (χ3v) is 4.69. The average molecular weight is 362 g/mol. The minimum Gasteiger partial charge on any atom is -0.478 e. The molecule has 0 bridgehead atoms. The molecule has 0 radical (unpaired) electrons. The zero-order valence-corrected chi connectivity index (χ0v) is 16.4. The Morgan fingerprint density at radius 1 is 1.07 bits per heavy atom. The van der Waals surface area contributed by atoms with Crippen LogP contribution in [0.25, 0.3) is 0 Å². The first-order chi connectivity index (χ1) is 12.7. The Balaban J connectivity index is 1.75. The second kappa shape index (κ2) is 7.21. The van der Waals surface area contributed by atoms with Crippen LogP contribution in [0.1, 0.15) is 66.2 Å². The summed E-state index contributed by atoms with van der Waals surface area (Å²) in [6.45, 7) is 9.44. The van der Waals surface area contributed by atoms with Crippen LogP contribution in [0.3, 0.4) is 0 Å². The van der Waals surface area contributed by atoms with Gasteiger partial charge in [0.05, 0.1) is 17.8 Å². The van der Waals surface area contributed by atoms with E-state index in [0.29, 0.717) is 0 Å². The first-order valence-electron chi connectivity index (χ1n) is 9.29. The molecule has 2 aromatic carbocycles. The van der Waals surface area contributed by atoms with Gasteiger partial charge in [-0.05, 0) is 72.7 Å². The van der Waals surface area contributed by atoms with Gasteiger partial charge in [-0.1, -0.05) is 38.7 Å². The van der Waals surface area contributed by atoms with Gasteiger partial charge < -0.3 is 9.84 Å². The van der Waals surface area contributed by atoms with Crippen molar-refractivity contribution in [3.63, 3.8) is 0 Å². The van der Waals surface area contributed by atoms with E-state index in [2.05, 4.69) is 51.7 Å². The monoisotopic (exact) mass is 362 g/mol. The Morgan fingerprint density at radius 2 is 1.67 bits per heavy atom. The van der Waals surface area contributed by atoms with Gasteiger partial charge in [0, 0.05) is 11.1 Å². The molecule has 0 heterocycles. The molecule has 0 amide bonds. The highest BCUT2D eigenvalue weighted by atomic mass is 16.5. The fourth-order valence-corrected chi connectivity index (χ4v) is 3.05. The number of carbonyl (C=O) groups is 1. The lowest BCUT2D eigenvalue weighted by Gasteiger charge is -2.25. The smallest absolute Gasteiger partial charge is 0.335 e. The number of hydrogen-bond acceptors (Lipinski definition) is 2. The zero-order chi connectivity index (χ0) is 19.7. The van der Waals surface area contributed by atoms with Crippen LogP contribution in [0.2, 0.25) is 0 Å². The highest BCUT2D eigenvalue weighted by molar-refractivity contribution is 5.87. The maximum atomic E-state index is 10.9. The van der Waals surface area contributed by atoms with E-state index in [4.69, 9.17) is 9.84 Å². The lowest BCUT2D eigenvalue weighted by atomic mass is 9.96. The summed E-state index contributed by atoms with van der Waals surface area (Å²) < 4.78 is 6.29. The second-order valence-electron chi connectivity index (χ2n) is 8.51. The van der Waals surface area contributed by atoms with Crippen LogP contribution in [-0.2, 0) is 10.3 Å². The highest BCUT2D eigenvalue weighted by Crippen LogP contribution is 2.51. The van der Waals surface area contributed by atoms with Gasteiger partial charge in [0.2, 0.25) is 0 Å². The standard InChI is InChI=1S/C24H26O3/c1-17-15-19(6-5-18-7-10-20(11-8-18)22(25)26)9-12-21(17)24(13-14-24)27-16-23(2,3)4/h7-12,15H,13-14,16H2,1-4H3,(H,25,26). The van der Waals surface area contributed by atoms with Gasteiger partial charge in [0.15, 0.2) is 0 Å². The number of aryl methyl sites for hydroxylation is 1. The Labute approximate surface area is 161 Å². The van der Waals surface area contributed by atoms with Gasteiger partial charge in [0.25, 0.3) is 0 Å². The first kappa shape index (κ1) is 19.2. The molecular formula is C24H26O3. The molecule has 1 N–H and O–H groups in total. The van der Waals surface area contributed by atoms with Crippen LogP contribution < -0.4 is 0 Å². The summed E-state index contributed by atoms with van der Waals surface area (Å²) in [6, 6.07) is 12.9. The van der Waals surface area contributed by atoms with E-state index in [9.17, 15) is 4.79 Å². The Morgan fingerprint density at radius 3 is 2.19 bits per heavy atom. The van der Waals surface area contributed by atoms with E-state index in [1.807, 2.05) is 6.07 Å². The van der Waals surface area contributed by atoms with Gasteiger partial charge in [-0.25, -0.2) is 4.79 Å². The molecule has 0 atom stereocenters. The summed E-state index contributed by atoms with van der Waals surface area (Å²) in [7, 11) is 0. The van der Waals surface area contributed by atoms with Crippen LogP contribution in [-0.4, -0.2) is 17.7 Å². The summed E-state index contributed by atoms with van der Waals surface area (Å²) >= 11 is 0. The molecule has 3 heteroatoms. The molecule has 0 saturated heterocycles. The second-order valence-corrected chi connectivity index (χ2v) is 8.51. The predicted octanol–water partition coefficient (Wildman–Crippen LogP) is 5.14. The Hall–Kier alpha value is -2.57. The largest absolute Gasteiger partial charge is 0.478 e. The number of ether oxygens (including phenoxy) is 1. The van der Waals surface area contributed by atoms with Crippen molar-refractivity contribution >= 4 is 5.97 Å². The third kappa shape index (κ3) is 4.78. The van der Waals surface area contributed by atoms with Crippen LogP contribution in [0, 0.1) is 24.2 Å². The molecular weight excluding hydrogens is 336 g/mol. The van der Waals surface area contributed by atoms with Gasteiger partial charge in [-0.2, -0.15) is 0 Å². The average Bonchev–Trinajstić information content (AvgIpc) is 3.39. The SMILES string of the molecule is Cc1cc(C#Cc2ccc(C(=O)O)cc2)ccc1C1(OCC(C)(C)C)CC1. The molecule has 1 saturated carbocycles. The van der Waals surface area contributed by atoms with Gasteiger partial charge in [0.1, 0.15) is 0 Å². The fraction of sp³-hybridized carbons (Fsp3) is 0.375. The van der Waals surface area contributed by atoms with Gasteiger partial charge in [-0.3, -0.25) is 0 Å². The summed E-state index contributed by atoms with van der Waals surface area (Å²) in [5, 5.41) is 8.95. The number of hydrogen-bond donors (Lipinski definition) is 1. The number of carboxylic acids is 1. The molecule has 27 heavy (non-hydrogen) atoms. The molecule has 1 aliphatic rings. The zero-order valence-electron chi connectivity index (χ0n) is 16.4. The summed E-state index contributed by atoms with van der Waals surface area (Å²) in [4.78, 5) is 10.9. The van der Waals surface area contributed by atoms with Crippen LogP contribution in [0.4, 0.5) is 0 Å². The third-order valence-electron chi connectivity index (χ3n) is 4.69. The number of carboxylic acid groups (broad SMARTS) is 1. The topological polar surface area (TPSA) is 46.5 Å². The van der Waals surface area contributed by atoms with E-state index >= 15 is 0 Å². The van der Waals surface area contributed by atoms with Crippen molar-refractivity contribution in [3.8, 4) is 11.8 Å². The fourth-order valence-electron chi connectivity index (χ4n) is 3.05. The summed E-state index contributed by atoms with van der Waals surface area (Å²) in [5.41, 5.74) is 4.53. The quantitative estimate of drug-likeness (QED) is 0.766. The molecule has 3 nitrogen and oxygen atoms in total. The van der Waals surface area contributed by atoms with Crippen molar-refractivity contribution in [3.05, 3.63) is 70.3 Å². The maximum absolute atomic E-state index is 10.9. The van der Waals surface area contributed by atoms with Crippen molar-refractivity contribution in [1.82, 2.24) is 0 Å². The Kier molecular flexibility index (Phi) is 5.13. The van der Waals surface area contributed by atoms with E-state index in [1.165, 1.54) is 11.1 Å². The van der Waals surface area contributed by atoms with Gasteiger partial charge in [-0.15, -0.1) is 0 Å². The molecule has 140 valence electrons. The lowest BCUT2D eigenvalue weighted by molar-refractivity contribution is -0.0120. The van der Waals surface area contributed by atoms with Crippen molar-refractivity contribution < 1.29 is 14.6 Å². The molecule has 0 aromatic heterocycles. The maximum Gasteiger partial charge on any atom is 0.335 e. The molecule has 1 aliphatic carbocycles. The molecule has 2 aromatic rings. The van der Waals surface area contributed by atoms with E-state index in [-0.39, 0.29) is 16.6 Å². The molecule has 0 aliphatic heterocycles. The molecule has 0 spiro atoms. The number of aromatic carboxylic acids is 1. The minimum absolute atomic E-state index is 0.115. The van der Waals surface area contributed by atoms with Crippen molar-refractivity contribution in [2.45, 2.75) is 46.1 Å². The van der Waals surface area contributed by atoms with E-state index in [0.717, 1.165) is 30.6 Å². The Bertz CT molecular complexity index is 901. The van der Waals surface area contributed by atoms with Crippen LogP contribution in [0.15, 0.2) is 42.5 Å². The normalized spacial score (nSPS) is 15.0. The van der Waals surface area contributed by atoms with Gasteiger partial charge >= 0.3 is 5.97 Å².